The van der Waals surface area contributed by atoms with Gasteiger partial charge in [-0.05, 0) is 53.1 Å². The fourth-order valence-corrected chi connectivity index (χ4v) is 3.98. The van der Waals surface area contributed by atoms with E-state index in [2.05, 4.69) is 9.72 Å². The average Bonchev–Trinajstić information content (AvgIpc) is 3.05. The van der Waals surface area contributed by atoms with Crippen molar-refractivity contribution in [1.82, 2.24) is 9.88 Å². The zero-order chi connectivity index (χ0) is 22.9. The molecule has 0 spiro atoms. The van der Waals surface area contributed by atoms with E-state index in [-0.39, 0.29) is 18.2 Å². The van der Waals surface area contributed by atoms with Gasteiger partial charge >= 0.3 is 6.36 Å². The van der Waals surface area contributed by atoms with Crippen molar-refractivity contribution < 1.29 is 22.7 Å². The minimum absolute atomic E-state index is 0.205. The summed E-state index contributed by atoms with van der Waals surface area (Å²) in [6.07, 6.45) is -1.28. The van der Waals surface area contributed by atoms with Crippen LogP contribution in [0.3, 0.4) is 0 Å². The number of alkyl halides is 3. The number of carbonyl (C=O) groups excluding carboxylic acids is 1. The summed E-state index contributed by atoms with van der Waals surface area (Å²) >= 11 is 6.46. The lowest BCUT2D eigenvalue weighted by Crippen LogP contribution is -2.23. The molecule has 2 heterocycles. The number of hydrogen-bond donors (Lipinski definition) is 0. The molecule has 1 aromatic heterocycles. The lowest BCUT2D eigenvalue weighted by Gasteiger charge is -2.20. The van der Waals surface area contributed by atoms with Gasteiger partial charge in [-0.1, -0.05) is 23.7 Å². The normalized spacial score (nSPS) is 13.3. The van der Waals surface area contributed by atoms with Crippen molar-refractivity contribution in [3.8, 4) is 5.75 Å². The zero-order valence-corrected chi connectivity index (χ0v) is 17.8. The van der Waals surface area contributed by atoms with Gasteiger partial charge in [0.1, 0.15) is 5.75 Å². The third kappa shape index (κ3) is 4.96. The molecule has 166 valence electrons. The van der Waals surface area contributed by atoms with Crippen LogP contribution in [0.1, 0.15) is 27.0 Å². The van der Waals surface area contributed by atoms with Gasteiger partial charge in [0.25, 0.3) is 5.91 Å². The van der Waals surface area contributed by atoms with Gasteiger partial charge in [0.2, 0.25) is 0 Å². The van der Waals surface area contributed by atoms with Gasteiger partial charge in [-0.15, -0.1) is 13.2 Å². The van der Waals surface area contributed by atoms with Crippen LogP contribution in [0.25, 0.3) is 0 Å². The Kier molecular flexibility index (Phi) is 5.97. The van der Waals surface area contributed by atoms with E-state index >= 15 is 0 Å². The van der Waals surface area contributed by atoms with Crippen molar-refractivity contribution >= 4 is 23.2 Å². The number of pyridine rings is 1. The topological polar surface area (TPSA) is 45.7 Å². The van der Waals surface area contributed by atoms with Crippen LogP contribution < -0.4 is 9.64 Å². The Labute approximate surface area is 188 Å². The number of hydrogen-bond acceptors (Lipinski definition) is 4. The summed E-state index contributed by atoms with van der Waals surface area (Å²) in [5.41, 5.74) is 3.94. The molecular weight excluding hydrogens is 443 g/mol. The molecule has 1 aliphatic rings. The summed E-state index contributed by atoms with van der Waals surface area (Å²) in [5.74, 6) is -0.508. The average molecular weight is 462 g/mol. The van der Waals surface area contributed by atoms with E-state index in [0.29, 0.717) is 29.2 Å². The largest absolute Gasteiger partial charge is 0.573 e. The molecule has 1 amide bonds. The predicted molar refractivity (Wildman–Crippen MR) is 114 cm³/mol. The maximum atomic E-state index is 12.9. The molecule has 1 aliphatic heterocycles. The zero-order valence-electron chi connectivity index (χ0n) is 17.1. The second kappa shape index (κ2) is 8.70. The first-order valence-corrected chi connectivity index (χ1v) is 10.1. The molecule has 0 bridgehead atoms. The molecule has 0 aliphatic carbocycles. The second-order valence-corrected chi connectivity index (χ2v) is 7.93. The fourth-order valence-electron chi connectivity index (χ4n) is 3.67. The van der Waals surface area contributed by atoms with Crippen LogP contribution in [-0.4, -0.2) is 29.2 Å². The summed E-state index contributed by atoms with van der Waals surface area (Å²) in [7, 11) is 1.94. The number of amides is 1. The first-order valence-electron chi connectivity index (χ1n) is 9.76. The van der Waals surface area contributed by atoms with Crippen molar-refractivity contribution in [1.29, 1.82) is 0 Å². The quantitative estimate of drug-likeness (QED) is 0.491. The Morgan fingerprint density at radius 2 is 1.78 bits per heavy atom. The molecule has 4 rings (SSSR count). The Balaban J connectivity index is 1.48. The van der Waals surface area contributed by atoms with E-state index < -0.39 is 6.36 Å². The Hall–Kier alpha value is -3.26. The molecule has 2 aromatic carbocycles. The maximum Gasteiger partial charge on any atom is 0.573 e. The number of aromatic nitrogens is 1. The maximum absolute atomic E-state index is 12.9. The molecule has 32 heavy (non-hydrogen) atoms. The van der Waals surface area contributed by atoms with Gasteiger partial charge in [-0.2, -0.15) is 0 Å². The second-order valence-electron chi connectivity index (χ2n) is 7.53. The number of nitrogens with zero attached hydrogens (tertiary/aromatic N) is 3. The standard InChI is InChI=1S/C23H19ClF3N3O2/c1-29(12-16-6-8-28-9-7-16)18-10-17-14-30(22(31)21(17)20(24)11-18)13-15-2-4-19(5-3-15)32-23(25,26)27/h2-11H,12-14H2,1H3. The Morgan fingerprint density at radius 3 is 2.44 bits per heavy atom. The summed E-state index contributed by atoms with van der Waals surface area (Å²) in [5, 5.41) is 0.375. The minimum Gasteiger partial charge on any atom is -0.406 e. The van der Waals surface area contributed by atoms with Crippen LogP contribution in [-0.2, 0) is 19.6 Å². The van der Waals surface area contributed by atoms with E-state index in [1.165, 1.54) is 24.3 Å². The first kappa shape index (κ1) is 22.0. The van der Waals surface area contributed by atoms with Crippen molar-refractivity contribution in [2.45, 2.75) is 26.0 Å². The van der Waals surface area contributed by atoms with E-state index in [4.69, 9.17) is 11.6 Å². The minimum atomic E-state index is -4.74. The molecule has 9 heteroatoms. The van der Waals surface area contributed by atoms with Crippen molar-refractivity contribution in [2.75, 3.05) is 11.9 Å². The highest BCUT2D eigenvalue weighted by atomic mass is 35.5. The molecule has 0 saturated carbocycles. The van der Waals surface area contributed by atoms with E-state index in [9.17, 15) is 18.0 Å². The van der Waals surface area contributed by atoms with E-state index in [1.807, 2.05) is 30.1 Å². The van der Waals surface area contributed by atoms with Crippen LogP contribution >= 0.6 is 11.6 Å². The van der Waals surface area contributed by atoms with Crippen molar-refractivity contribution in [3.63, 3.8) is 0 Å². The molecule has 5 nitrogen and oxygen atoms in total. The third-order valence-electron chi connectivity index (χ3n) is 5.16. The molecular formula is C23H19ClF3N3O2. The number of ether oxygens (including phenoxy) is 1. The molecule has 3 aromatic rings. The Morgan fingerprint density at radius 1 is 1.09 bits per heavy atom. The highest BCUT2D eigenvalue weighted by Gasteiger charge is 2.32. The summed E-state index contributed by atoms with van der Waals surface area (Å²) in [6, 6.07) is 13.1. The summed E-state index contributed by atoms with van der Waals surface area (Å²) in [4.78, 5) is 20.6. The number of rotatable bonds is 6. The fraction of sp³-hybridized carbons (Fsp3) is 0.217. The summed E-state index contributed by atoms with van der Waals surface area (Å²) < 4.78 is 40.9. The third-order valence-corrected chi connectivity index (χ3v) is 5.46. The van der Waals surface area contributed by atoms with Crippen LogP contribution in [0.5, 0.6) is 5.75 Å². The molecule has 0 saturated heterocycles. The van der Waals surface area contributed by atoms with Gasteiger partial charge in [-0.3, -0.25) is 9.78 Å². The van der Waals surface area contributed by atoms with Gasteiger partial charge in [0.15, 0.2) is 0 Å². The lowest BCUT2D eigenvalue weighted by atomic mass is 10.1. The molecule has 0 unspecified atom stereocenters. The van der Waals surface area contributed by atoms with Crippen LogP contribution in [0, 0.1) is 0 Å². The van der Waals surface area contributed by atoms with Crippen LogP contribution in [0.15, 0.2) is 60.9 Å². The first-order chi connectivity index (χ1) is 15.2. The van der Waals surface area contributed by atoms with E-state index in [1.54, 1.807) is 23.4 Å². The smallest absolute Gasteiger partial charge is 0.406 e. The monoisotopic (exact) mass is 461 g/mol. The Bertz CT molecular complexity index is 1120. The number of benzene rings is 2. The van der Waals surface area contributed by atoms with Crippen molar-refractivity contribution in [3.05, 3.63) is 88.2 Å². The molecule has 0 atom stereocenters. The van der Waals surface area contributed by atoms with E-state index in [0.717, 1.165) is 16.8 Å². The number of carbonyl (C=O) groups is 1. The molecule has 0 N–H and O–H groups in total. The highest BCUT2D eigenvalue weighted by molar-refractivity contribution is 6.34. The SMILES string of the molecule is CN(Cc1ccncc1)c1cc(Cl)c2c(c1)CN(Cc1ccc(OC(F)(F)F)cc1)C2=O. The number of fused-ring (bicyclic) bond motifs is 1. The van der Waals surface area contributed by atoms with Gasteiger partial charge in [-0.25, -0.2) is 0 Å². The van der Waals surface area contributed by atoms with Crippen LogP contribution in [0.4, 0.5) is 18.9 Å². The highest BCUT2D eigenvalue weighted by Crippen LogP contribution is 2.35. The number of halogens is 4. The predicted octanol–water partition coefficient (Wildman–Crippen LogP) is 5.43. The van der Waals surface area contributed by atoms with Gasteiger partial charge in [0, 0.05) is 44.8 Å². The van der Waals surface area contributed by atoms with Crippen molar-refractivity contribution in [2.24, 2.45) is 0 Å². The van der Waals surface area contributed by atoms with Gasteiger partial charge in [0.05, 0.1) is 10.6 Å². The van der Waals surface area contributed by atoms with Crippen LogP contribution in [0.2, 0.25) is 5.02 Å². The molecule has 0 fully saturated rings. The summed E-state index contributed by atoms with van der Waals surface area (Å²) in [6.45, 7) is 1.27. The van der Waals surface area contributed by atoms with Gasteiger partial charge < -0.3 is 14.5 Å². The number of anilines is 1. The lowest BCUT2D eigenvalue weighted by molar-refractivity contribution is -0.274. The molecule has 0 radical (unpaired) electrons.